The SMILES string of the molecule is CC(C)NC(=O)CNc1ccc2cc(Br)cc(Cl)c2n1. The first-order valence-electron chi connectivity index (χ1n) is 6.25. The van der Waals surface area contributed by atoms with Gasteiger partial charge in [-0.1, -0.05) is 27.5 Å². The molecule has 2 N–H and O–H groups in total. The smallest absolute Gasteiger partial charge is 0.239 e. The molecule has 2 rings (SSSR count). The molecule has 0 saturated carbocycles. The monoisotopic (exact) mass is 355 g/mol. The van der Waals surface area contributed by atoms with Crippen LogP contribution in [0.25, 0.3) is 10.9 Å². The van der Waals surface area contributed by atoms with Crippen LogP contribution < -0.4 is 10.6 Å². The Kier molecular flexibility index (Phi) is 4.83. The number of nitrogens with one attached hydrogen (secondary N) is 2. The summed E-state index contributed by atoms with van der Waals surface area (Å²) in [5, 5.41) is 7.32. The molecule has 0 aliphatic carbocycles. The first-order valence-corrected chi connectivity index (χ1v) is 7.42. The Hall–Kier alpha value is -1.33. The van der Waals surface area contributed by atoms with Crippen molar-refractivity contribution in [1.82, 2.24) is 10.3 Å². The second kappa shape index (κ2) is 6.41. The molecule has 1 aromatic heterocycles. The van der Waals surface area contributed by atoms with E-state index in [0.29, 0.717) is 16.4 Å². The first kappa shape index (κ1) is 15.1. The van der Waals surface area contributed by atoms with Crippen LogP contribution in [-0.2, 0) is 4.79 Å². The zero-order chi connectivity index (χ0) is 14.7. The standard InChI is InChI=1S/C14H15BrClN3O/c1-8(2)18-13(20)7-17-12-4-3-9-5-10(15)6-11(16)14(9)19-12/h3-6,8H,7H2,1-2H3,(H,17,19)(H,18,20). The van der Waals surface area contributed by atoms with Gasteiger partial charge in [0.05, 0.1) is 17.1 Å². The second-order valence-corrected chi connectivity index (χ2v) is 6.05. The van der Waals surface area contributed by atoms with Crippen LogP contribution >= 0.6 is 27.5 Å². The van der Waals surface area contributed by atoms with Crippen LogP contribution in [0.4, 0.5) is 5.82 Å². The maximum atomic E-state index is 11.6. The van der Waals surface area contributed by atoms with Gasteiger partial charge in [0, 0.05) is 15.9 Å². The first-order chi connectivity index (χ1) is 9.45. The van der Waals surface area contributed by atoms with Crippen molar-refractivity contribution in [3.05, 3.63) is 33.8 Å². The maximum Gasteiger partial charge on any atom is 0.239 e. The number of hydrogen-bond acceptors (Lipinski definition) is 3. The van der Waals surface area contributed by atoms with Crippen molar-refractivity contribution in [2.75, 3.05) is 11.9 Å². The number of amides is 1. The number of pyridine rings is 1. The molecule has 6 heteroatoms. The van der Waals surface area contributed by atoms with E-state index in [1.807, 2.05) is 32.0 Å². The van der Waals surface area contributed by atoms with Gasteiger partial charge >= 0.3 is 0 Å². The van der Waals surface area contributed by atoms with Crippen LogP contribution in [0.1, 0.15) is 13.8 Å². The van der Waals surface area contributed by atoms with Crippen molar-refractivity contribution in [1.29, 1.82) is 0 Å². The van der Waals surface area contributed by atoms with E-state index in [1.165, 1.54) is 0 Å². The van der Waals surface area contributed by atoms with Gasteiger partial charge in [-0.25, -0.2) is 4.98 Å². The van der Waals surface area contributed by atoms with Gasteiger partial charge in [0.25, 0.3) is 0 Å². The quantitative estimate of drug-likeness (QED) is 0.880. The highest BCUT2D eigenvalue weighted by Crippen LogP contribution is 2.27. The molecule has 1 aromatic carbocycles. The molecule has 106 valence electrons. The molecule has 2 aromatic rings. The normalized spacial score (nSPS) is 10.8. The highest BCUT2D eigenvalue weighted by Gasteiger charge is 2.06. The van der Waals surface area contributed by atoms with Crippen LogP contribution in [-0.4, -0.2) is 23.5 Å². The Morgan fingerprint density at radius 3 is 2.85 bits per heavy atom. The summed E-state index contributed by atoms with van der Waals surface area (Å²) in [6.45, 7) is 4.03. The fourth-order valence-corrected chi connectivity index (χ4v) is 2.68. The van der Waals surface area contributed by atoms with Gasteiger partial charge in [-0.15, -0.1) is 0 Å². The van der Waals surface area contributed by atoms with Crippen molar-refractivity contribution in [2.24, 2.45) is 0 Å². The summed E-state index contributed by atoms with van der Waals surface area (Å²) in [7, 11) is 0. The van der Waals surface area contributed by atoms with E-state index in [9.17, 15) is 4.79 Å². The number of rotatable bonds is 4. The van der Waals surface area contributed by atoms with Crippen molar-refractivity contribution >= 4 is 50.2 Å². The Balaban J connectivity index is 2.14. The van der Waals surface area contributed by atoms with E-state index in [1.54, 1.807) is 6.07 Å². The minimum Gasteiger partial charge on any atom is -0.361 e. The second-order valence-electron chi connectivity index (χ2n) is 4.73. The number of aromatic nitrogens is 1. The Morgan fingerprint density at radius 2 is 2.15 bits per heavy atom. The summed E-state index contributed by atoms with van der Waals surface area (Å²) in [4.78, 5) is 16.0. The van der Waals surface area contributed by atoms with Crippen molar-refractivity contribution in [3.8, 4) is 0 Å². The Morgan fingerprint density at radius 1 is 1.40 bits per heavy atom. The Labute approximate surface area is 131 Å². The minimum absolute atomic E-state index is 0.0659. The lowest BCUT2D eigenvalue weighted by atomic mass is 10.2. The Bertz CT molecular complexity index is 646. The van der Waals surface area contributed by atoms with Gasteiger partial charge in [0.15, 0.2) is 0 Å². The van der Waals surface area contributed by atoms with Crippen LogP contribution in [0.15, 0.2) is 28.7 Å². The van der Waals surface area contributed by atoms with E-state index >= 15 is 0 Å². The van der Waals surface area contributed by atoms with Crippen molar-refractivity contribution in [3.63, 3.8) is 0 Å². The molecular weight excluding hydrogens is 342 g/mol. The number of carbonyl (C=O) groups is 1. The predicted octanol–water partition coefficient (Wildman–Crippen LogP) is 3.59. The molecular formula is C14H15BrClN3O. The number of nitrogens with zero attached hydrogens (tertiary/aromatic N) is 1. The maximum absolute atomic E-state index is 11.6. The van der Waals surface area contributed by atoms with Gasteiger partial charge in [-0.05, 0) is 38.1 Å². The summed E-state index contributed by atoms with van der Waals surface area (Å²) in [5.74, 6) is 0.560. The van der Waals surface area contributed by atoms with E-state index in [4.69, 9.17) is 11.6 Å². The van der Waals surface area contributed by atoms with Crippen molar-refractivity contribution < 1.29 is 4.79 Å². The molecule has 0 radical (unpaired) electrons. The summed E-state index contributed by atoms with van der Waals surface area (Å²) in [5.41, 5.74) is 0.712. The lowest BCUT2D eigenvalue weighted by Crippen LogP contribution is -2.34. The largest absolute Gasteiger partial charge is 0.361 e. The van der Waals surface area contributed by atoms with Crippen LogP contribution in [0.3, 0.4) is 0 Å². The highest BCUT2D eigenvalue weighted by atomic mass is 79.9. The third-order valence-corrected chi connectivity index (χ3v) is 3.34. The molecule has 0 unspecified atom stereocenters. The van der Waals surface area contributed by atoms with Gasteiger partial charge in [-0.2, -0.15) is 0 Å². The molecule has 0 spiro atoms. The summed E-state index contributed by atoms with van der Waals surface area (Å²) >= 11 is 9.56. The van der Waals surface area contributed by atoms with Crippen molar-refractivity contribution in [2.45, 2.75) is 19.9 Å². The summed E-state index contributed by atoms with van der Waals surface area (Å²) < 4.78 is 0.911. The van der Waals surface area contributed by atoms with Gasteiger partial charge in [0.1, 0.15) is 5.82 Å². The van der Waals surface area contributed by atoms with Crippen LogP contribution in [0.2, 0.25) is 5.02 Å². The molecule has 0 bridgehead atoms. The molecule has 4 nitrogen and oxygen atoms in total. The lowest BCUT2D eigenvalue weighted by molar-refractivity contribution is -0.119. The van der Waals surface area contributed by atoms with Gasteiger partial charge in [0.2, 0.25) is 5.91 Å². The van der Waals surface area contributed by atoms with E-state index < -0.39 is 0 Å². The fourth-order valence-electron chi connectivity index (χ4n) is 1.80. The molecule has 0 fully saturated rings. The van der Waals surface area contributed by atoms with Gasteiger partial charge in [-0.3, -0.25) is 4.79 Å². The summed E-state index contributed by atoms with van der Waals surface area (Å²) in [6.07, 6.45) is 0. The van der Waals surface area contributed by atoms with E-state index in [2.05, 4.69) is 31.5 Å². The molecule has 0 atom stereocenters. The minimum atomic E-state index is -0.0659. The average Bonchev–Trinajstić information content (AvgIpc) is 2.35. The molecule has 0 saturated heterocycles. The fraction of sp³-hybridized carbons (Fsp3) is 0.286. The molecule has 0 aliphatic rings. The molecule has 20 heavy (non-hydrogen) atoms. The number of fused-ring (bicyclic) bond motifs is 1. The highest BCUT2D eigenvalue weighted by molar-refractivity contribution is 9.10. The predicted molar refractivity (Wildman–Crippen MR) is 86.2 cm³/mol. The van der Waals surface area contributed by atoms with Crippen LogP contribution in [0, 0.1) is 0 Å². The van der Waals surface area contributed by atoms with E-state index in [0.717, 1.165) is 9.86 Å². The average molecular weight is 357 g/mol. The number of benzene rings is 1. The lowest BCUT2D eigenvalue weighted by Gasteiger charge is -2.10. The number of anilines is 1. The third-order valence-electron chi connectivity index (χ3n) is 2.59. The molecule has 1 amide bonds. The molecule has 0 aliphatic heterocycles. The van der Waals surface area contributed by atoms with Crippen LogP contribution in [0.5, 0.6) is 0 Å². The number of halogens is 2. The van der Waals surface area contributed by atoms with Gasteiger partial charge < -0.3 is 10.6 Å². The zero-order valence-corrected chi connectivity index (χ0v) is 13.5. The summed E-state index contributed by atoms with van der Waals surface area (Å²) in [6, 6.07) is 7.62. The zero-order valence-electron chi connectivity index (χ0n) is 11.2. The topological polar surface area (TPSA) is 54.0 Å². The third kappa shape index (κ3) is 3.84. The van der Waals surface area contributed by atoms with E-state index in [-0.39, 0.29) is 18.5 Å². The number of hydrogen-bond donors (Lipinski definition) is 2. The molecule has 1 heterocycles. The number of carbonyl (C=O) groups excluding carboxylic acids is 1.